The van der Waals surface area contributed by atoms with Crippen LogP contribution in [0.4, 0.5) is 5.13 Å². The summed E-state index contributed by atoms with van der Waals surface area (Å²) in [6.45, 7) is 1.61. The molecule has 5 rings (SSSR count). The highest BCUT2D eigenvalue weighted by Gasteiger charge is 2.29. The highest BCUT2D eigenvalue weighted by atomic mass is 32.1. The average molecular weight is 379 g/mol. The topological polar surface area (TPSA) is 63.9 Å². The van der Waals surface area contributed by atoms with Crippen LogP contribution < -0.4 is 10.5 Å². The highest BCUT2D eigenvalue weighted by molar-refractivity contribution is 7.15. The Hall–Kier alpha value is -2.54. The van der Waals surface area contributed by atoms with Gasteiger partial charge in [0.2, 0.25) is 0 Å². The van der Waals surface area contributed by atoms with E-state index in [1.165, 1.54) is 23.4 Å². The minimum Gasteiger partial charge on any atom is -0.343 e. The van der Waals surface area contributed by atoms with Crippen molar-refractivity contribution in [1.82, 2.24) is 19.7 Å². The minimum atomic E-state index is -0.0544. The molecule has 1 atom stereocenters. The lowest BCUT2D eigenvalue weighted by molar-refractivity contribution is 0.490. The van der Waals surface area contributed by atoms with E-state index in [1.54, 1.807) is 29.2 Å². The highest BCUT2D eigenvalue weighted by Crippen LogP contribution is 2.36. The summed E-state index contributed by atoms with van der Waals surface area (Å²) >= 11 is 1.84. The number of thiazole rings is 1. The zero-order valence-corrected chi connectivity index (χ0v) is 15.9. The molecule has 0 N–H and O–H groups in total. The fraction of sp³-hybridized carbons (Fsp3) is 0.400. The van der Waals surface area contributed by atoms with Crippen LogP contribution in [0.15, 0.2) is 41.5 Å². The van der Waals surface area contributed by atoms with Gasteiger partial charge in [0.25, 0.3) is 5.56 Å². The van der Waals surface area contributed by atoms with Crippen LogP contribution in [0.2, 0.25) is 0 Å². The van der Waals surface area contributed by atoms with Gasteiger partial charge in [-0.2, -0.15) is 5.10 Å². The first-order valence-electron chi connectivity index (χ1n) is 9.52. The first-order chi connectivity index (χ1) is 13.3. The van der Waals surface area contributed by atoms with Crippen LogP contribution in [0, 0.1) is 0 Å². The Balaban J connectivity index is 1.41. The van der Waals surface area contributed by atoms with Crippen molar-refractivity contribution in [2.75, 3.05) is 11.4 Å². The van der Waals surface area contributed by atoms with Crippen LogP contribution in [0.5, 0.6) is 0 Å². The Morgan fingerprint density at radius 3 is 2.85 bits per heavy atom. The predicted octanol–water partition coefficient (Wildman–Crippen LogP) is 2.92. The number of aromatic nitrogens is 4. The molecule has 3 aromatic heterocycles. The van der Waals surface area contributed by atoms with Gasteiger partial charge in [-0.3, -0.25) is 9.78 Å². The largest absolute Gasteiger partial charge is 0.343 e. The number of fused-ring (bicyclic) bond motifs is 1. The van der Waals surface area contributed by atoms with E-state index >= 15 is 0 Å². The van der Waals surface area contributed by atoms with Crippen LogP contribution in [-0.4, -0.2) is 32.3 Å². The Morgan fingerprint density at radius 1 is 1.11 bits per heavy atom. The lowest BCUT2D eigenvalue weighted by Crippen LogP contribution is -2.37. The van der Waals surface area contributed by atoms with Crippen molar-refractivity contribution in [1.29, 1.82) is 0 Å². The van der Waals surface area contributed by atoms with Gasteiger partial charge in [-0.25, -0.2) is 9.67 Å². The van der Waals surface area contributed by atoms with Crippen LogP contribution in [0.1, 0.15) is 29.8 Å². The van der Waals surface area contributed by atoms with Crippen molar-refractivity contribution in [3.63, 3.8) is 0 Å². The molecule has 1 unspecified atom stereocenters. The molecule has 27 heavy (non-hydrogen) atoms. The van der Waals surface area contributed by atoms with Gasteiger partial charge in [-0.1, -0.05) is 0 Å². The number of aryl methyl sites for hydroxylation is 2. The molecule has 1 fully saturated rings. The van der Waals surface area contributed by atoms with Gasteiger partial charge in [0.05, 0.1) is 24.0 Å². The summed E-state index contributed by atoms with van der Waals surface area (Å²) in [5.74, 6) is 0. The van der Waals surface area contributed by atoms with E-state index in [4.69, 9.17) is 4.98 Å². The van der Waals surface area contributed by atoms with E-state index in [0.29, 0.717) is 6.54 Å². The first kappa shape index (κ1) is 16.6. The van der Waals surface area contributed by atoms with Crippen molar-refractivity contribution in [2.45, 2.75) is 44.7 Å². The molecule has 4 heterocycles. The third-order valence-electron chi connectivity index (χ3n) is 5.43. The molecule has 1 saturated heterocycles. The van der Waals surface area contributed by atoms with Gasteiger partial charge in [0.15, 0.2) is 5.13 Å². The lowest BCUT2D eigenvalue weighted by Gasteiger charge is -2.24. The molecule has 138 valence electrons. The van der Waals surface area contributed by atoms with Crippen LogP contribution >= 0.6 is 11.3 Å². The SMILES string of the molecule is O=c1ccc(-c2ccncc2)nn1CC1CCCN1c1nc2c(s1)CCC2. The molecule has 0 saturated carbocycles. The normalized spacial score (nSPS) is 18.8. The maximum Gasteiger partial charge on any atom is 0.266 e. The molecule has 1 aliphatic carbocycles. The second-order valence-electron chi connectivity index (χ2n) is 7.18. The average Bonchev–Trinajstić information content (AvgIpc) is 3.40. The number of rotatable bonds is 4. The minimum absolute atomic E-state index is 0.0544. The molecule has 0 amide bonds. The summed E-state index contributed by atoms with van der Waals surface area (Å²) in [6.07, 6.45) is 9.20. The maximum atomic E-state index is 12.4. The van der Waals surface area contributed by atoms with Gasteiger partial charge < -0.3 is 4.90 Å². The summed E-state index contributed by atoms with van der Waals surface area (Å²) in [4.78, 5) is 25.2. The fourth-order valence-electron chi connectivity index (χ4n) is 4.03. The van der Waals surface area contributed by atoms with Gasteiger partial charge in [0.1, 0.15) is 0 Å². The molecule has 6 nitrogen and oxygen atoms in total. The Labute approximate surface area is 161 Å². The second kappa shape index (κ2) is 6.88. The summed E-state index contributed by atoms with van der Waals surface area (Å²) in [5.41, 5.74) is 3.00. The summed E-state index contributed by atoms with van der Waals surface area (Å²) in [6, 6.07) is 7.49. The third kappa shape index (κ3) is 3.16. The van der Waals surface area contributed by atoms with Crippen molar-refractivity contribution < 1.29 is 0 Å². The van der Waals surface area contributed by atoms with E-state index in [-0.39, 0.29) is 11.6 Å². The van der Waals surface area contributed by atoms with Crippen LogP contribution in [0.25, 0.3) is 11.3 Å². The molecule has 1 aliphatic heterocycles. The van der Waals surface area contributed by atoms with E-state index in [0.717, 1.165) is 42.2 Å². The second-order valence-corrected chi connectivity index (χ2v) is 8.25. The summed E-state index contributed by atoms with van der Waals surface area (Å²) in [7, 11) is 0. The predicted molar refractivity (Wildman–Crippen MR) is 106 cm³/mol. The lowest BCUT2D eigenvalue weighted by atomic mass is 10.2. The van der Waals surface area contributed by atoms with E-state index < -0.39 is 0 Å². The van der Waals surface area contributed by atoms with Crippen molar-refractivity contribution >= 4 is 16.5 Å². The van der Waals surface area contributed by atoms with Gasteiger partial charge in [-0.05, 0) is 50.3 Å². The van der Waals surface area contributed by atoms with E-state index in [9.17, 15) is 4.79 Å². The monoisotopic (exact) mass is 379 g/mol. The Bertz CT molecular complexity index is 991. The van der Waals surface area contributed by atoms with Crippen molar-refractivity contribution in [2.24, 2.45) is 0 Å². The molecule has 0 spiro atoms. The van der Waals surface area contributed by atoms with Gasteiger partial charge in [-0.15, -0.1) is 11.3 Å². The molecular formula is C20H21N5OS. The summed E-state index contributed by atoms with van der Waals surface area (Å²) in [5, 5.41) is 5.74. The zero-order chi connectivity index (χ0) is 18.2. The fourth-order valence-corrected chi connectivity index (χ4v) is 5.28. The third-order valence-corrected chi connectivity index (χ3v) is 6.63. The molecule has 3 aromatic rings. The number of hydrogen-bond donors (Lipinski definition) is 0. The Kier molecular flexibility index (Phi) is 4.24. The van der Waals surface area contributed by atoms with Crippen LogP contribution in [-0.2, 0) is 19.4 Å². The molecule has 2 aliphatic rings. The molecule has 0 radical (unpaired) electrons. The van der Waals surface area contributed by atoms with Crippen molar-refractivity contribution in [3.05, 3.63) is 57.6 Å². The molecule has 0 bridgehead atoms. The van der Waals surface area contributed by atoms with E-state index in [1.807, 2.05) is 23.5 Å². The number of hydrogen-bond acceptors (Lipinski definition) is 6. The first-order valence-corrected chi connectivity index (χ1v) is 10.3. The Morgan fingerprint density at radius 2 is 2.00 bits per heavy atom. The van der Waals surface area contributed by atoms with Crippen molar-refractivity contribution in [3.8, 4) is 11.3 Å². The summed E-state index contributed by atoms with van der Waals surface area (Å²) < 4.78 is 1.61. The van der Waals surface area contributed by atoms with Crippen LogP contribution in [0.3, 0.4) is 0 Å². The smallest absolute Gasteiger partial charge is 0.266 e. The standard InChI is InChI=1S/C20H21N5OS/c26-19-7-6-16(14-8-10-21-11-9-14)23-25(19)13-15-3-2-12-24(15)20-22-17-4-1-5-18(17)27-20/h6-11,15H,1-5,12-13H2. The number of nitrogens with zero attached hydrogens (tertiary/aromatic N) is 5. The maximum absolute atomic E-state index is 12.4. The van der Waals surface area contributed by atoms with Gasteiger partial charge >= 0.3 is 0 Å². The zero-order valence-electron chi connectivity index (χ0n) is 15.0. The number of pyridine rings is 1. The number of anilines is 1. The molecule has 7 heteroatoms. The molecule has 0 aromatic carbocycles. The van der Waals surface area contributed by atoms with Gasteiger partial charge in [0, 0.05) is 35.4 Å². The quantitative estimate of drug-likeness (QED) is 0.697. The van der Waals surface area contributed by atoms with E-state index in [2.05, 4.69) is 15.0 Å². The molecular weight excluding hydrogens is 358 g/mol.